The second-order valence-corrected chi connectivity index (χ2v) is 9.24. The minimum Gasteiger partial charge on any atom is -0.352 e. The van der Waals surface area contributed by atoms with Crippen molar-refractivity contribution in [2.24, 2.45) is 0 Å². The van der Waals surface area contributed by atoms with Crippen molar-refractivity contribution in [2.75, 3.05) is 37.6 Å². The van der Waals surface area contributed by atoms with Gasteiger partial charge in [0.1, 0.15) is 11.5 Å². The van der Waals surface area contributed by atoms with Crippen molar-refractivity contribution in [2.45, 2.75) is 33.7 Å². The van der Waals surface area contributed by atoms with Gasteiger partial charge in [-0.2, -0.15) is 0 Å². The zero-order valence-electron chi connectivity index (χ0n) is 19.4. The maximum absolute atomic E-state index is 13.2. The van der Waals surface area contributed by atoms with Crippen LogP contribution < -0.4 is 4.90 Å². The summed E-state index contributed by atoms with van der Waals surface area (Å²) in [5, 5.41) is 0. The number of fused-ring (bicyclic) bond motifs is 1. The molecule has 2 amide bonds. The molecule has 1 aliphatic rings. The van der Waals surface area contributed by atoms with Crippen LogP contribution in [0.4, 0.5) is 5.82 Å². The molecule has 0 bridgehead atoms. The number of nitrogens with zero attached hydrogens (tertiary/aromatic N) is 5. The van der Waals surface area contributed by atoms with Crippen molar-refractivity contribution in [3.8, 4) is 0 Å². The molecule has 2 aromatic heterocycles. The molecule has 0 aliphatic carbocycles. The van der Waals surface area contributed by atoms with Gasteiger partial charge in [-0.3, -0.25) is 14.0 Å². The summed E-state index contributed by atoms with van der Waals surface area (Å²) in [5.41, 5.74) is 3.70. The Bertz CT molecular complexity index is 1170. The topological polar surface area (TPSA) is 61.2 Å². The summed E-state index contributed by atoms with van der Waals surface area (Å²) < 4.78 is 3.11. The third kappa shape index (κ3) is 4.90. The number of halogens is 1. The SMILES string of the molecule is CCc1nc2ccc(C(=O)N3CCN(C(C)=O)CC3)cn2c1N(CC)Cc1cccc(Br)c1. The fraction of sp³-hybridized carbons (Fsp3) is 0.400. The van der Waals surface area contributed by atoms with Crippen LogP contribution in [0.5, 0.6) is 0 Å². The van der Waals surface area contributed by atoms with E-state index in [-0.39, 0.29) is 11.8 Å². The van der Waals surface area contributed by atoms with E-state index in [4.69, 9.17) is 4.98 Å². The largest absolute Gasteiger partial charge is 0.352 e. The van der Waals surface area contributed by atoms with Crippen LogP contribution in [0.1, 0.15) is 42.4 Å². The predicted octanol–water partition coefficient (Wildman–Crippen LogP) is 3.99. The number of hydrogen-bond donors (Lipinski definition) is 0. The number of aromatic nitrogens is 2. The highest BCUT2D eigenvalue weighted by atomic mass is 79.9. The first kappa shape index (κ1) is 23.3. The predicted molar refractivity (Wildman–Crippen MR) is 134 cm³/mol. The monoisotopic (exact) mass is 511 g/mol. The first-order valence-electron chi connectivity index (χ1n) is 11.5. The fourth-order valence-electron chi connectivity index (χ4n) is 4.38. The smallest absolute Gasteiger partial charge is 0.255 e. The molecule has 33 heavy (non-hydrogen) atoms. The Labute approximate surface area is 203 Å². The Morgan fingerprint density at radius 3 is 2.42 bits per heavy atom. The van der Waals surface area contributed by atoms with Crippen molar-refractivity contribution in [3.05, 3.63) is 63.9 Å². The highest BCUT2D eigenvalue weighted by Gasteiger charge is 2.24. The van der Waals surface area contributed by atoms with E-state index >= 15 is 0 Å². The number of piperazine rings is 1. The van der Waals surface area contributed by atoms with E-state index in [1.807, 2.05) is 35.4 Å². The first-order valence-corrected chi connectivity index (χ1v) is 12.3. The standard InChI is InChI=1S/C25H30BrN5O2/c1-4-22-24(28(5-2)16-19-7-6-8-21(26)15-19)31-17-20(9-10-23(31)27-22)25(33)30-13-11-29(12-14-30)18(3)32/h6-10,15,17H,4-5,11-14,16H2,1-3H3. The number of anilines is 1. The van der Waals surface area contributed by atoms with Gasteiger partial charge in [0.2, 0.25) is 5.91 Å². The molecule has 4 rings (SSSR count). The minimum atomic E-state index is -0.00663. The number of aryl methyl sites for hydroxylation is 1. The maximum atomic E-state index is 13.2. The van der Waals surface area contributed by atoms with Crippen molar-refractivity contribution in [1.29, 1.82) is 0 Å². The Balaban J connectivity index is 1.65. The van der Waals surface area contributed by atoms with Gasteiger partial charge >= 0.3 is 0 Å². The number of hydrogen-bond acceptors (Lipinski definition) is 4. The third-order valence-corrected chi connectivity index (χ3v) is 6.69. The highest BCUT2D eigenvalue weighted by molar-refractivity contribution is 9.10. The van der Waals surface area contributed by atoms with Gasteiger partial charge in [0.25, 0.3) is 5.91 Å². The summed E-state index contributed by atoms with van der Waals surface area (Å²) >= 11 is 3.57. The molecular weight excluding hydrogens is 482 g/mol. The van der Waals surface area contributed by atoms with Gasteiger partial charge < -0.3 is 14.7 Å². The van der Waals surface area contributed by atoms with Crippen LogP contribution in [-0.4, -0.2) is 63.7 Å². The number of carbonyl (C=O) groups excluding carboxylic acids is 2. The number of amides is 2. The lowest BCUT2D eigenvalue weighted by atomic mass is 10.2. The van der Waals surface area contributed by atoms with E-state index in [2.05, 4.69) is 51.2 Å². The Morgan fingerprint density at radius 1 is 1.06 bits per heavy atom. The van der Waals surface area contributed by atoms with E-state index in [1.165, 1.54) is 5.56 Å². The molecule has 0 saturated carbocycles. The van der Waals surface area contributed by atoms with Crippen LogP contribution in [0, 0.1) is 0 Å². The number of carbonyl (C=O) groups is 2. The van der Waals surface area contributed by atoms with Gasteiger partial charge in [-0.15, -0.1) is 0 Å². The van der Waals surface area contributed by atoms with E-state index in [0.717, 1.165) is 41.1 Å². The van der Waals surface area contributed by atoms with Crippen molar-refractivity contribution in [1.82, 2.24) is 19.2 Å². The first-order chi connectivity index (χ1) is 15.9. The summed E-state index contributed by atoms with van der Waals surface area (Å²) in [4.78, 5) is 35.6. The molecule has 1 fully saturated rings. The van der Waals surface area contributed by atoms with Gasteiger partial charge in [-0.25, -0.2) is 4.98 Å². The molecule has 7 nitrogen and oxygen atoms in total. The molecule has 1 saturated heterocycles. The lowest BCUT2D eigenvalue weighted by molar-refractivity contribution is -0.130. The van der Waals surface area contributed by atoms with E-state index in [0.29, 0.717) is 31.7 Å². The highest BCUT2D eigenvalue weighted by Crippen LogP contribution is 2.26. The molecule has 0 radical (unpaired) electrons. The molecule has 1 aliphatic heterocycles. The Kier molecular flexibility index (Phi) is 7.02. The molecule has 1 aromatic carbocycles. The number of pyridine rings is 1. The molecule has 0 N–H and O–H groups in total. The summed E-state index contributed by atoms with van der Waals surface area (Å²) in [6.07, 6.45) is 2.72. The summed E-state index contributed by atoms with van der Waals surface area (Å²) in [6, 6.07) is 12.1. The molecule has 0 spiro atoms. The van der Waals surface area contributed by atoms with Crippen LogP contribution in [-0.2, 0) is 17.8 Å². The minimum absolute atomic E-state index is 0.00663. The van der Waals surface area contributed by atoms with Gasteiger partial charge in [0.05, 0.1) is 11.3 Å². The average molecular weight is 512 g/mol. The van der Waals surface area contributed by atoms with Crippen molar-refractivity contribution >= 4 is 39.2 Å². The molecule has 0 unspecified atom stereocenters. The zero-order valence-corrected chi connectivity index (χ0v) is 21.0. The molecule has 174 valence electrons. The van der Waals surface area contributed by atoms with Crippen molar-refractivity contribution < 1.29 is 9.59 Å². The molecule has 8 heteroatoms. The van der Waals surface area contributed by atoms with Crippen LogP contribution in [0.25, 0.3) is 5.65 Å². The summed E-state index contributed by atoms with van der Waals surface area (Å²) in [5.74, 6) is 1.09. The molecule has 3 heterocycles. The van der Waals surface area contributed by atoms with Gasteiger partial charge in [0.15, 0.2) is 0 Å². The molecule has 0 atom stereocenters. The summed E-state index contributed by atoms with van der Waals surface area (Å²) in [7, 11) is 0. The molecular formula is C25H30BrN5O2. The Hall–Kier alpha value is -2.87. The van der Waals surface area contributed by atoms with Gasteiger partial charge in [-0.05, 0) is 43.2 Å². The number of imidazole rings is 1. The summed E-state index contributed by atoms with van der Waals surface area (Å²) in [6.45, 7) is 9.66. The normalized spacial score (nSPS) is 14.1. The molecule has 3 aromatic rings. The lowest BCUT2D eigenvalue weighted by Gasteiger charge is -2.34. The Morgan fingerprint density at radius 2 is 1.79 bits per heavy atom. The third-order valence-electron chi connectivity index (χ3n) is 6.20. The second kappa shape index (κ2) is 9.95. The average Bonchev–Trinajstić information content (AvgIpc) is 3.20. The van der Waals surface area contributed by atoms with Crippen LogP contribution >= 0.6 is 15.9 Å². The van der Waals surface area contributed by atoms with Gasteiger partial charge in [0, 0.05) is 56.9 Å². The van der Waals surface area contributed by atoms with E-state index < -0.39 is 0 Å². The van der Waals surface area contributed by atoms with Gasteiger partial charge in [-0.1, -0.05) is 35.0 Å². The van der Waals surface area contributed by atoms with Crippen LogP contribution in [0.15, 0.2) is 47.1 Å². The fourth-order valence-corrected chi connectivity index (χ4v) is 4.83. The number of rotatable bonds is 6. The maximum Gasteiger partial charge on any atom is 0.255 e. The lowest BCUT2D eigenvalue weighted by Crippen LogP contribution is -2.50. The second-order valence-electron chi connectivity index (χ2n) is 8.32. The quantitative estimate of drug-likeness (QED) is 0.501. The zero-order chi connectivity index (χ0) is 23.5. The van der Waals surface area contributed by atoms with Crippen LogP contribution in [0.2, 0.25) is 0 Å². The van der Waals surface area contributed by atoms with E-state index in [9.17, 15) is 9.59 Å². The van der Waals surface area contributed by atoms with Crippen molar-refractivity contribution in [3.63, 3.8) is 0 Å². The number of benzene rings is 1. The van der Waals surface area contributed by atoms with Crippen LogP contribution in [0.3, 0.4) is 0 Å². The van der Waals surface area contributed by atoms with E-state index in [1.54, 1.807) is 11.8 Å².